The summed E-state index contributed by atoms with van der Waals surface area (Å²) in [5, 5.41) is 3.08. The van der Waals surface area contributed by atoms with Gasteiger partial charge in [-0.15, -0.1) is 0 Å². The zero-order chi connectivity index (χ0) is 9.14. The number of rotatable bonds is 2. The summed E-state index contributed by atoms with van der Waals surface area (Å²) in [5.41, 5.74) is 1.55. The number of hydrogen-bond donors (Lipinski definition) is 1. The zero-order valence-corrected chi connectivity index (χ0v) is 8.74. The van der Waals surface area contributed by atoms with Crippen molar-refractivity contribution in [3.05, 3.63) is 27.2 Å². The minimum atomic E-state index is 0.566. The van der Waals surface area contributed by atoms with E-state index >= 15 is 0 Å². The Morgan fingerprint density at radius 3 is 2.83 bits per heavy atom. The Bertz CT molecular complexity index is 314. The third-order valence-corrected chi connectivity index (χ3v) is 2.88. The van der Waals surface area contributed by atoms with E-state index in [2.05, 4.69) is 21.2 Å². The molecule has 2 nitrogen and oxygen atoms in total. The molecule has 0 fully saturated rings. The molecule has 0 saturated heterocycles. The van der Waals surface area contributed by atoms with Crippen LogP contribution in [0.1, 0.15) is 5.56 Å². The van der Waals surface area contributed by atoms with E-state index in [4.69, 9.17) is 11.6 Å². The normalized spacial score (nSPS) is 9.58. The van der Waals surface area contributed by atoms with Crippen LogP contribution in [0.25, 0.3) is 0 Å². The smallest absolute Gasteiger partial charge is 0.211 e. The largest absolute Gasteiger partial charge is 0.327 e. The van der Waals surface area contributed by atoms with Crippen LogP contribution in [0.3, 0.4) is 0 Å². The fourth-order valence-electron chi connectivity index (χ4n) is 0.836. The Labute approximate surface area is 84.0 Å². The lowest BCUT2D eigenvalue weighted by molar-refractivity contribution is -0.105. The lowest BCUT2D eigenvalue weighted by Gasteiger charge is -2.06. The fourth-order valence-corrected chi connectivity index (χ4v) is 1.50. The third kappa shape index (κ3) is 1.79. The molecule has 0 aliphatic carbocycles. The second-order valence-corrected chi connectivity index (χ2v) is 3.53. The van der Waals surface area contributed by atoms with Gasteiger partial charge in [-0.3, -0.25) is 4.79 Å². The Kier molecular flexibility index (Phi) is 3.12. The molecule has 0 spiro atoms. The first-order chi connectivity index (χ1) is 5.66. The van der Waals surface area contributed by atoms with Crippen molar-refractivity contribution in [1.82, 2.24) is 0 Å². The van der Waals surface area contributed by atoms with Gasteiger partial charge >= 0.3 is 0 Å². The number of carbonyl (C=O) groups is 1. The highest BCUT2D eigenvalue weighted by Crippen LogP contribution is 2.30. The van der Waals surface area contributed by atoms with E-state index in [1.165, 1.54) is 0 Å². The van der Waals surface area contributed by atoms with E-state index in [1.807, 2.05) is 13.0 Å². The van der Waals surface area contributed by atoms with Gasteiger partial charge in [-0.05, 0) is 24.6 Å². The zero-order valence-electron chi connectivity index (χ0n) is 6.40. The summed E-state index contributed by atoms with van der Waals surface area (Å²) in [7, 11) is 0. The van der Waals surface area contributed by atoms with Gasteiger partial charge in [0, 0.05) is 4.47 Å². The van der Waals surface area contributed by atoms with Gasteiger partial charge in [0.25, 0.3) is 0 Å². The Morgan fingerprint density at radius 1 is 1.58 bits per heavy atom. The summed E-state index contributed by atoms with van der Waals surface area (Å²) in [6.07, 6.45) is 0.606. The topological polar surface area (TPSA) is 29.1 Å². The van der Waals surface area contributed by atoms with Crippen LogP contribution in [0.5, 0.6) is 0 Å². The molecule has 64 valence electrons. The molecule has 0 aromatic heterocycles. The first-order valence-corrected chi connectivity index (χ1v) is 4.48. The maximum Gasteiger partial charge on any atom is 0.211 e. The van der Waals surface area contributed by atoms with Crippen LogP contribution < -0.4 is 5.32 Å². The molecule has 0 aliphatic rings. The second-order valence-electron chi connectivity index (χ2n) is 2.30. The van der Waals surface area contributed by atoms with Gasteiger partial charge in [-0.25, -0.2) is 0 Å². The number of hydrogen-bond acceptors (Lipinski definition) is 1. The first kappa shape index (κ1) is 9.55. The summed E-state index contributed by atoms with van der Waals surface area (Å²) in [6.45, 7) is 1.88. The SMILES string of the molecule is Cc1c(Br)ccc(NC=O)c1Cl. The molecule has 4 heteroatoms. The summed E-state index contributed by atoms with van der Waals surface area (Å²) >= 11 is 9.26. The molecule has 0 aliphatic heterocycles. The minimum Gasteiger partial charge on any atom is -0.327 e. The highest BCUT2D eigenvalue weighted by Gasteiger charge is 2.04. The van der Waals surface area contributed by atoms with Gasteiger partial charge in [0.05, 0.1) is 10.7 Å². The number of nitrogens with one attached hydrogen (secondary N) is 1. The van der Waals surface area contributed by atoms with Crippen LogP contribution in [0, 0.1) is 6.92 Å². The predicted octanol–water partition coefficient (Wildman–Crippen LogP) is 2.98. The third-order valence-electron chi connectivity index (χ3n) is 1.53. The number of benzene rings is 1. The molecule has 0 unspecified atom stereocenters. The molecule has 1 aromatic rings. The molecule has 0 heterocycles. The second kappa shape index (κ2) is 3.92. The molecule has 0 atom stereocenters. The van der Waals surface area contributed by atoms with E-state index in [1.54, 1.807) is 6.07 Å². The summed E-state index contributed by atoms with van der Waals surface area (Å²) in [4.78, 5) is 10.1. The van der Waals surface area contributed by atoms with E-state index in [-0.39, 0.29) is 0 Å². The van der Waals surface area contributed by atoms with Crippen LogP contribution in [-0.2, 0) is 4.79 Å². The molecule has 0 bridgehead atoms. The average Bonchev–Trinajstić information content (AvgIpc) is 2.07. The fraction of sp³-hybridized carbons (Fsp3) is 0.125. The van der Waals surface area contributed by atoms with Gasteiger partial charge in [-0.2, -0.15) is 0 Å². The Hall–Kier alpha value is -0.540. The summed E-state index contributed by atoms with van der Waals surface area (Å²) < 4.78 is 0.934. The van der Waals surface area contributed by atoms with Gasteiger partial charge in [-0.1, -0.05) is 27.5 Å². The highest BCUT2D eigenvalue weighted by atomic mass is 79.9. The van der Waals surface area contributed by atoms with E-state index in [0.29, 0.717) is 17.1 Å². The lowest BCUT2D eigenvalue weighted by atomic mass is 10.2. The van der Waals surface area contributed by atoms with Gasteiger partial charge in [0.15, 0.2) is 0 Å². The van der Waals surface area contributed by atoms with Crippen molar-refractivity contribution >= 4 is 39.6 Å². The van der Waals surface area contributed by atoms with Crippen molar-refractivity contribution in [3.8, 4) is 0 Å². The van der Waals surface area contributed by atoms with E-state index in [9.17, 15) is 4.79 Å². The van der Waals surface area contributed by atoms with Crippen molar-refractivity contribution in [2.24, 2.45) is 0 Å². The van der Waals surface area contributed by atoms with Crippen molar-refractivity contribution in [2.75, 3.05) is 5.32 Å². The number of halogens is 2. The minimum absolute atomic E-state index is 0.566. The van der Waals surface area contributed by atoms with E-state index < -0.39 is 0 Å². The molecule has 0 radical (unpaired) electrons. The first-order valence-electron chi connectivity index (χ1n) is 3.31. The average molecular weight is 249 g/mol. The quantitative estimate of drug-likeness (QED) is 0.801. The van der Waals surface area contributed by atoms with Crippen LogP contribution in [0.15, 0.2) is 16.6 Å². The number of carbonyl (C=O) groups excluding carboxylic acids is 1. The summed E-state index contributed by atoms with van der Waals surface area (Å²) in [6, 6.07) is 3.58. The standard InChI is InChI=1S/C8H7BrClNO/c1-5-6(9)2-3-7(8(5)10)11-4-12/h2-4H,1H3,(H,11,12). The molecular weight excluding hydrogens is 241 g/mol. The Balaban J connectivity index is 3.16. The van der Waals surface area contributed by atoms with Crippen LogP contribution in [0.2, 0.25) is 5.02 Å². The predicted molar refractivity (Wildman–Crippen MR) is 53.6 cm³/mol. The van der Waals surface area contributed by atoms with Crippen LogP contribution >= 0.6 is 27.5 Å². The molecule has 1 amide bonds. The van der Waals surface area contributed by atoms with Gasteiger partial charge in [0.1, 0.15) is 0 Å². The molecule has 12 heavy (non-hydrogen) atoms. The van der Waals surface area contributed by atoms with Crippen LogP contribution in [-0.4, -0.2) is 6.41 Å². The van der Waals surface area contributed by atoms with Crippen LogP contribution in [0.4, 0.5) is 5.69 Å². The maximum atomic E-state index is 10.1. The number of amides is 1. The van der Waals surface area contributed by atoms with Crippen molar-refractivity contribution in [2.45, 2.75) is 6.92 Å². The van der Waals surface area contributed by atoms with E-state index in [0.717, 1.165) is 10.0 Å². The monoisotopic (exact) mass is 247 g/mol. The maximum absolute atomic E-state index is 10.1. The highest BCUT2D eigenvalue weighted by molar-refractivity contribution is 9.10. The van der Waals surface area contributed by atoms with Crippen molar-refractivity contribution in [1.29, 1.82) is 0 Å². The molecular formula is C8H7BrClNO. The molecule has 0 saturated carbocycles. The van der Waals surface area contributed by atoms with Gasteiger partial charge < -0.3 is 5.32 Å². The lowest BCUT2D eigenvalue weighted by Crippen LogP contribution is -1.95. The van der Waals surface area contributed by atoms with Crippen molar-refractivity contribution < 1.29 is 4.79 Å². The molecule has 1 N–H and O–H groups in total. The Morgan fingerprint density at radius 2 is 2.25 bits per heavy atom. The summed E-state index contributed by atoms with van der Waals surface area (Å²) in [5.74, 6) is 0. The van der Waals surface area contributed by atoms with Gasteiger partial charge in [0.2, 0.25) is 6.41 Å². The van der Waals surface area contributed by atoms with Crippen molar-refractivity contribution in [3.63, 3.8) is 0 Å². The molecule has 1 aromatic carbocycles. The molecule has 1 rings (SSSR count). The number of anilines is 1.